The third-order valence-corrected chi connectivity index (χ3v) is 9.07. The van der Waals surface area contributed by atoms with Crippen LogP contribution in [-0.2, 0) is 21.4 Å². The second kappa shape index (κ2) is 9.88. The van der Waals surface area contributed by atoms with Crippen LogP contribution in [0.5, 0.6) is 0 Å². The van der Waals surface area contributed by atoms with E-state index in [0.717, 1.165) is 33.8 Å². The van der Waals surface area contributed by atoms with Crippen molar-refractivity contribution in [3.05, 3.63) is 77.8 Å². The number of nitrogens with zero attached hydrogens (tertiary/aromatic N) is 3. The predicted molar refractivity (Wildman–Crippen MR) is 127 cm³/mol. The summed E-state index contributed by atoms with van der Waals surface area (Å²) < 4.78 is 87.8. The number of halogens is 4. The van der Waals surface area contributed by atoms with Crippen LogP contribution in [0, 0.1) is 29.2 Å². The molecule has 0 spiro atoms. The Balaban J connectivity index is 1.38. The summed E-state index contributed by atoms with van der Waals surface area (Å²) in [6, 6.07) is 7.38. The number of sulfonamides is 1. The van der Waals surface area contributed by atoms with E-state index in [4.69, 9.17) is 4.42 Å². The number of hydrogen-bond acceptors (Lipinski definition) is 6. The van der Waals surface area contributed by atoms with Crippen molar-refractivity contribution in [2.75, 3.05) is 18.0 Å². The smallest absolute Gasteiger partial charge is 0.245 e. The molecule has 0 aliphatic carbocycles. The summed E-state index contributed by atoms with van der Waals surface area (Å²) in [5, 5.41) is 0.143. The van der Waals surface area contributed by atoms with Crippen molar-refractivity contribution >= 4 is 42.6 Å². The second-order valence-electron chi connectivity index (χ2n) is 8.49. The molecule has 194 valence electrons. The Morgan fingerprint density at radius 1 is 1.05 bits per heavy atom. The molecule has 2 aromatic heterocycles. The van der Waals surface area contributed by atoms with Gasteiger partial charge in [-0.05, 0) is 43.2 Å². The van der Waals surface area contributed by atoms with E-state index in [2.05, 4.69) is 4.98 Å². The van der Waals surface area contributed by atoms with Crippen molar-refractivity contribution in [3.63, 3.8) is 0 Å². The zero-order valence-electron chi connectivity index (χ0n) is 19.0. The molecule has 37 heavy (non-hydrogen) atoms. The first-order valence-electron chi connectivity index (χ1n) is 11.2. The number of hydrogen-bond donors (Lipinski definition) is 0. The summed E-state index contributed by atoms with van der Waals surface area (Å²) in [5.41, 5.74) is -0.0686. The van der Waals surface area contributed by atoms with Crippen molar-refractivity contribution in [2.24, 2.45) is 5.92 Å². The third kappa shape index (κ3) is 4.98. The topological polar surface area (TPSA) is 83.7 Å². The summed E-state index contributed by atoms with van der Waals surface area (Å²) in [6.07, 6.45) is 1.69. The number of amides is 1. The third-order valence-electron chi connectivity index (χ3n) is 6.11. The lowest BCUT2D eigenvalue weighted by atomic mass is 9.96. The van der Waals surface area contributed by atoms with Crippen LogP contribution in [0.15, 0.2) is 58.0 Å². The van der Waals surface area contributed by atoms with Crippen LogP contribution in [0.1, 0.15) is 18.6 Å². The molecule has 0 unspecified atom stereocenters. The average molecular weight is 554 g/mol. The molecular formula is C24H19F4N3O4S2. The fourth-order valence-corrected chi connectivity index (χ4v) is 6.77. The number of piperidine rings is 1. The van der Waals surface area contributed by atoms with Gasteiger partial charge in [0.2, 0.25) is 15.9 Å². The van der Waals surface area contributed by atoms with Gasteiger partial charge in [-0.25, -0.2) is 31.0 Å². The zero-order chi connectivity index (χ0) is 26.3. The minimum absolute atomic E-state index is 0.0188. The van der Waals surface area contributed by atoms with Crippen molar-refractivity contribution in [3.8, 4) is 0 Å². The largest absolute Gasteiger partial charge is 0.467 e. The lowest BCUT2D eigenvalue weighted by molar-refractivity contribution is -0.123. The van der Waals surface area contributed by atoms with E-state index in [1.54, 1.807) is 12.1 Å². The van der Waals surface area contributed by atoms with Gasteiger partial charge in [-0.15, -0.1) is 0 Å². The molecule has 7 nitrogen and oxygen atoms in total. The summed E-state index contributed by atoms with van der Waals surface area (Å²) in [5.74, 6) is -4.28. The van der Waals surface area contributed by atoms with Crippen LogP contribution in [0.2, 0.25) is 0 Å². The van der Waals surface area contributed by atoms with Crippen molar-refractivity contribution in [1.82, 2.24) is 9.29 Å². The number of carbonyl (C=O) groups excluding carboxylic acids is 1. The molecule has 1 amide bonds. The molecule has 1 aliphatic heterocycles. The lowest BCUT2D eigenvalue weighted by Gasteiger charge is -2.32. The molecule has 0 radical (unpaired) electrons. The van der Waals surface area contributed by atoms with E-state index >= 15 is 0 Å². The highest BCUT2D eigenvalue weighted by Crippen LogP contribution is 2.34. The van der Waals surface area contributed by atoms with Gasteiger partial charge in [0.25, 0.3) is 0 Å². The Labute approximate surface area is 213 Å². The van der Waals surface area contributed by atoms with E-state index in [0.29, 0.717) is 17.9 Å². The molecule has 0 bridgehead atoms. The number of benzene rings is 2. The molecule has 1 saturated heterocycles. The first kappa shape index (κ1) is 25.4. The quantitative estimate of drug-likeness (QED) is 0.311. The summed E-state index contributed by atoms with van der Waals surface area (Å²) in [6.45, 7) is -0.150. The molecule has 2 aromatic carbocycles. The highest BCUT2D eigenvalue weighted by molar-refractivity contribution is 7.89. The summed E-state index contributed by atoms with van der Waals surface area (Å²) in [7, 11) is -4.23. The van der Waals surface area contributed by atoms with Gasteiger partial charge in [0.1, 0.15) is 33.6 Å². The Hall–Kier alpha value is -3.29. The monoisotopic (exact) mass is 553 g/mol. The Morgan fingerprint density at radius 3 is 2.46 bits per heavy atom. The van der Waals surface area contributed by atoms with Gasteiger partial charge in [-0.1, -0.05) is 11.3 Å². The number of carbonyl (C=O) groups is 1. The molecule has 4 aromatic rings. The summed E-state index contributed by atoms with van der Waals surface area (Å²) >= 11 is 0.946. The fraction of sp³-hybridized carbons (Fsp3) is 0.250. The highest BCUT2D eigenvalue weighted by Gasteiger charge is 2.36. The molecule has 5 rings (SSSR count). The molecule has 3 heterocycles. The van der Waals surface area contributed by atoms with Crippen LogP contribution >= 0.6 is 11.3 Å². The number of rotatable bonds is 6. The Bertz CT molecular complexity index is 1570. The molecule has 1 aliphatic rings. The van der Waals surface area contributed by atoms with E-state index in [-0.39, 0.29) is 53.7 Å². The second-order valence-corrected chi connectivity index (χ2v) is 11.4. The first-order valence-corrected chi connectivity index (χ1v) is 13.4. The Morgan fingerprint density at radius 2 is 1.78 bits per heavy atom. The molecule has 1 fully saturated rings. The number of fused-ring (bicyclic) bond motifs is 1. The summed E-state index contributed by atoms with van der Waals surface area (Å²) in [4.78, 5) is 18.5. The first-order chi connectivity index (χ1) is 17.6. The maximum absolute atomic E-state index is 14.3. The minimum atomic E-state index is -4.23. The number of thiazole rings is 1. The number of furan rings is 1. The predicted octanol–water partition coefficient (Wildman–Crippen LogP) is 5.08. The van der Waals surface area contributed by atoms with Crippen molar-refractivity contribution in [1.29, 1.82) is 0 Å². The van der Waals surface area contributed by atoms with Crippen molar-refractivity contribution < 1.29 is 35.2 Å². The van der Waals surface area contributed by atoms with E-state index < -0.39 is 44.1 Å². The SMILES string of the molecule is O=C(C1CCN(S(=O)(=O)c2ccc(F)cc2F)CC1)N(Cc1ccco1)c1nc2c(F)cc(F)cc2s1. The number of aromatic nitrogens is 1. The van der Waals surface area contributed by atoms with Gasteiger partial charge in [-0.2, -0.15) is 4.31 Å². The highest BCUT2D eigenvalue weighted by atomic mass is 32.2. The normalized spacial score (nSPS) is 15.4. The maximum Gasteiger partial charge on any atom is 0.245 e. The van der Waals surface area contributed by atoms with Gasteiger partial charge in [0.05, 0.1) is 17.5 Å². The van der Waals surface area contributed by atoms with Gasteiger partial charge < -0.3 is 4.42 Å². The fourth-order valence-electron chi connectivity index (χ4n) is 4.25. The van der Waals surface area contributed by atoms with E-state index in [1.165, 1.54) is 11.2 Å². The van der Waals surface area contributed by atoms with Crippen LogP contribution < -0.4 is 4.90 Å². The molecule has 0 saturated carbocycles. The van der Waals surface area contributed by atoms with Gasteiger partial charge in [0, 0.05) is 31.1 Å². The zero-order valence-corrected chi connectivity index (χ0v) is 20.7. The Kier molecular flexibility index (Phi) is 6.77. The molecule has 13 heteroatoms. The molecular weight excluding hydrogens is 534 g/mol. The molecule has 0 atom stereocenters. The number of anilines is 1. The lowest BCUT2D eigenvalue weighted by Crippen LogP contribution is -2.44. The van der Waals surface area contributed by atoms with E-state index in [9.17, 15) is 30.8 Å². The van der Waals surface area contributed by atoms with Gasteiger partial charge >= 0.3 is 0 Å². The van der Waals surface area contributed by atoms with Gasteiger partial charge in [-0.3, -0.25) is 9.69 Å². The van der Waals surface area contributed by atoms with E-state index in [1.807, 2.05) is 0 Å². The van der Waals surface area contributed by atoms with Crippen LogP contribution in [-0.4, -0.2) is 36.7 Å². The van der Waals surface area contributed by atoms with Crippen LogP contribution in [0.4, 0.5) is 22.7 Å². The molecule has 0 N–H and O–H groups in total. The minimum Gasteiger partial charge on any atom is -0.467 e. The average Bonchev–Trinajstić information content (AvgIpc) is 3.52. The van der Waals surface area contributed by atoms with Crippen LogP contribution in [0.25, 0.3) is 10.2 Å². The standard InChI is InChI=1S/C24H19F4N3O4S2/c25-15-3-4-21(18(27)10-15)37(33,34)30-7-5-14(6-8-30)23(32)31(13-17-2-1-9-35-17)24-29-22-19(28)11-16(26)12-20(22)36-24/h1-4,9-12,14H,5-8,13H2. The van der Waals surface area contributed by atoms with Gasteiger partial charge in [0.15, 0.2) is 10.9 Å². The van der Waals surface area contributed by atoms with Crippen LogP contribution in [0.3, 0.4) is 0 Å². The maximum atomic E-state index is 14.3. The van der Waals surface area contributed by atoms with Crippen molar-refractivity contribution in [2.45, 2.75) is 24.3 Å².